The van der Waals surface area contributed by atoms with Gasteiger partial charge in [0, 0.05) is 25.6 Å². The number of nitrogens with zero attached hydrogens (tertiary/aromatic N) is 1. The topological polar surface area (TPSA) is 23.5 Å². The van der Waals surface area contributed by atoms with E-state index in [1.165, 1.54) is 18.5 Å². The van der Waals surface area contributed by atoms with Gasteiger partial charge >= 0.3 is 0 Å². The molecule has 3 atom stereocenters. The molecule has 0 bridgehead atoms. The van der Waals surface area contributed by atoms with E-state index in [0.717, 1.165) is 25.4 Å². The minimum Gasteiger partial charge on any atom is -0.393 e. The lowest BCUT2D eigenvalue weighted by Crippen LogP contribution is -2.24. The third-order valence-corrected chi connectivity index (χ3v) is 4.37. The van der Waals surface area contributed by atoms with Crippen LogP contribution in [0.1, 0.15) is 18.4 Å². The van der Waals surface area contributed by atoms with Gasteiger partial charge in [-0.05, 0) is 24.3 Å². The summed E-state index contributed by atoms with van der Waals surface area (Å²) in [5.41, 5.74) is 1.26. The predicted octanol–water partition coefficient (Wildman–Crippen LogP) is 2.40. The summed E-state index contributed by atoms with van der Waals surface area (Å²) in [6.45, 7) is 3.25. The van der Waals surface area contributed by atoms with E-state index in [0.29, 0.717) is 5.92 Å². The van der Waals surface area contributed by atoms with Crippen LogP contribution in [0.15, 0.2) is 36.4 Å². The molecule has 1 heterocycles. The van der Waals surface area contributed by atoms with E-state index in [1.807, 2.05) is 6.07 Å². The van der Waals surface area contributed by atoms with Gasteiger partial charge in [0.1, 0.15) is 0 Å². The van der Waals surface area contributed by atoms with Gasteiger partial charge in [0.15, 0.2) is 0 Å². The van der Waals surface area contributed by atoms with E-state index in [9.17, 15) is 5.11 Å². The monoisotopic (exact) mass is 243 g/mol. The first-order chi connectivity index (χ1) is 8.83. The number of aliphatic hydroxyl groups is 1. The Kier molecular flexibility index (Phi) is 3.48. The molecule has 1 aromatic carbocycles. The highest BCUT2D eigenvalue weighted by molar-refractivity contribution is 5.48. The van der Waals surface area contributed by atoms with Crippen molar-refractivity contribution in [1.82, 2.24) is 4.90 Å². The van der Waals surface area contributed by atoms with Crippen molar-refractivity contribution in [2.75, 3.05) is 19.6 Å². The van der Waals surface area contributed by atoms with Gasteiger partial charge in [0.25, 0.3) is 0 Å². The summed E-state index contributed by atoms with van der Waals surface area (Å²) >= 11 is 0. The Labute approximate surface area is 109 Å². The highest BCUT2D eigenvalue weighted by Gasteiger charge is 2.41. The highest BCUT2D eigenvalue weighted by Crippen LogP contribution is 2.37. The molecule has 1 aliphatic heterocycles. The number of hydrogen-bond donors (Lipinski definition) is 1. The molecule has 0 amide bonds. The molecule has 3 rings (SSSR count). The van der Waals surface area contributed by atoms with Crippen molar-refractivity contribution < 1.29 is 5.11 Å². The van der Waals surface area contributed by atoms with Gasteiger partial charge in [-0.1, -0.05) is 42.5 Å². The summed E-state index contributed by atoms with van der Waals surface area (Å²) in [5.74, 6) is 1.28. The van der Waals surface area contributed by atoms with Crippen LogP contribution in [0.25, 0.3) is 6.08 Å². The van der Waals surface area contributed by atoms with Crippen LogP contribution >= 0.6 is 0 Å². The number of aliphatic hydroxyl groups excluding tert-OH is 1. The number of fused-ring (bicyclic) bond motifs is 1. The Morgan fingerprint density at radius 3 is 2.78 bits per heavy atom. The SMILES string of the molecule is OC1CCC2CN(C/C=C/c3ccccc3)CC12. The van der Waals surface area contributed by atoms with Crippen molar-refractivity contribution in [2.24, 2.45) is 11.8 Å². The fourth-order valence-electron chi connectivity index (χ4n) is 3.38. The first-order valence-electron chi connectivity index (χ1n) is 6.95. The average molecular weight is 243 g/mol. The molecule has 1 saturated heterocycles. The smallest absolute Gasteiger partial charge is 0.0583 e. The molecule has 0 spiro atoms. The van der Waals surface area contributed by atoms with E-state index in [-0.39, 0.29) is 6.10 Å². The zero-order chi connectivity index (χ0) is 12.4. The Balaban J connectivity index is 1.52. The van der Waals surface area contributed by atoms with Crippen LogP contribution in [-0.2, 0) is 0 Å². The van der Waals surface area contributed by atoms with Crippen LogP contribution in [0.2, 0.25) is 0 Å². The van der Waals surface area contributed by atoms with Gasteiger partial charge < -0.3 is 5.11 Å². The second-order valence-corrected chi connectivity index (χ2v) is 5.60. The molecule has 2 aliphatic rings. The minimum absolute atomic E-state index is 0.0434. The predicted molar refractivity (Wildman–Crippen MR) is 74.1 cm³/mol. The highest BCUT2D eigenvalue weighted by atomic mass is 16.3. The zero-order valence-corrected chi connectivity index (χ0v) is 10.7. The van der Waals surface area contributed by atoms with E-state index < -0.39 is 0 Å². The molecular weight excluding hydrogens is 222 g/mol. The molecule has 1 aliphatic carbocycles. The molecule has 1 aromatic rings. The fourth-order valence-corrected chi connectivity index (χ4v) is 3.38. The third kappa shape index (κ3) is 2.50. The van der Waals surface area contributed by atoms with Gasteiger partial charge in [-0.15, -0.1) is 0 Å². The lowest BCUT2D eigenvalue weighted by atomic mass is 10.00. The Hall–Kier alpha value is -1.12. The fraction of sp³-hybridized carbons (Fsp3) is 0.500. The third-order valence-electron chi connectivity index (χ3n) is 4.37. The Morgan fingerprint density at radius 2 is 2.00 bits per heavy atom. The summed E-state index contributed by atoms with van der Waals surface area (Å²) in [7, 11) is 0. The van der Waals surface area contributed by atoms with Crippen LogP contribution in [0.4, 0.5) is 0 Å². The maximum Gasteiger partial charge on any atom is 0.0583 e. The van der Waals surface area contributed by atoms with Crippen molar-refractivity contribution in [2.45, 2.75) is 18.9 Å². The normalized spacial score (nSPS) is 32.2. The van der Waals surface area contributed by atoms with Crippen molar-refractivity contribution in [3.63, 3.8) is 0 Å². The van der Waals surface area contributed by atoms with Gasteiger partial charge in [-0.25, -0.2) is 0 Å². The second kappa shape index (κ2) is 5.25. The molecule has 3 unspecified atom stereocenters. The summed E-state index contributed by atoms with van der Waals surface area (Å²) in [4.78, 5) is 2.47. The Bertz CT molecular complexity index is 414. The molecular formula is C16H21NO. The van der Waals surface area contributed by atoms with Crippen LogP contribution in [-0.4, -0.2) is 35.7 Å². The lowest BCUT2D eigenvalue weighted by molar-refractivity contribution is 0.125. The molecule has 2 heteroatoms. The van der Waals surface area contributed by atoms with Gasteiger partial charge in [0.05, 0.1) is 6.10 Å². The van der Waals surface area contributed by atoms with Gasteiger partial charge in [-0.3, -0.25) is 4.90 Å². The number of likely N-dealkylation sites (tertiary alicyclic amines) is 1. The summed E-state index contributed by atoms with van der Waals surface area (Å²) in [5, 5.41) is 9.88. The summed E-state index contributed by atoms with van der Waals surface area (Å²) < 4.78 is 0. The number of rotatable bonds is 3. The summed E-state index contributed by atoms with van der Waals surface area (Å²) in [6.07, 6.45) is 6.61. The standard InChI is InChI=1S/C16H21NO/c18-16-9-8-14-11-17(12-15(14)16)10-4-7-13-5-2-1-3-6-13/h1-7,14-16,18H,8-12H2/b7-4+. The molecule has 18 heavy (non-hydrogen) atoms. The molecule has 0 radical (unpaired) electrons. The number of benzene rings is 1. The van der Waals surface area contributed by atoms with Crippen LogP contribution < -0.4 is 0 Å². The van der Waals surface area contributed by atoms with Crippen molar-refractivity contribution in [1.29, 1.82) is 0 Å². The van der Waals surface area contributed by atoms with Crippen LogP contribution in [0.3, 0.4) is 0 Å². The van der Waals surface area contributed by atoms with Crippen LogP contribution in [0, 0.1) is 11.8 Å². The number of hydrogen-bond acceptors (Lipinski definition) is 2. The maximum atomic E-state index is 9.88. The molecule has 1 saturated carbocycles. The minimum atomic E-state index is -0.0434. The van der Waals surface area contributed by atoms with Crippen molar-refractivity contribution >= 4 is 6.08 Å². The second-order valence-electron chi connectivity index (χ2n) is 5.60. The van der Waals surface area contributed by atoms with Crippen LogP contribution in [0.5, 0.6) is 0 Å². The molecule has 1 N–H and O–H groups in total. The van der Waals surface area contributed by atoms with Crippen molar-refractivity contribution in [3.05, 3.63) is 42.0 Å². The molecule has 2 nitrogen and oxygen atoms in total. The van der Waals surface area contributed by atoms with E-state index in [4.69, 9.17) is 0 Å². The quantitative estimate of drug-likeness (QED) is 0.881. The van der Waals surface area contributed by atoms with E-state index in [1.54, 1.807) is 0 Å². The largest absolute Gasteiger partial charge is 0.393 e. The Morgan fingerprint density at radius 1 is 1.17 bits per heavy atom. The lowest BCUT2D eigenvalue weighted by Gasteiger charge is -2.15. The van der Waals surface area contributed by atoms with Gasteiger partial charge in [0.2, 0.25) is 0 Å². The van der Waals surface area contributed by atoms with Gasteiger partial charge in [-0.2, -0.15) is 0 Å². The maximum absolute atomic E-state index is 9.88. The molecule has 96 valence electrons. The first kappa shape index (κ1) is 11.9. The first-order valence-corrected chi connectivity index (χ1v) is 6.95. The van der Waals surface area contributed by atoms with E-state index in [2.05, 4.69) is 41.3 Å². The molecule has 0 aromatic heterocycles. The summed E-state index contributed by atoms with van der Waals surface area (Å²) in [6, 6.07) is 10.4. The zero-order valence-electron chi connectivity index (χ0n) is 10.7. The average Bonchev–Trinajstić information content (AvgIpc) is 2.94. The van der Waals surface area contributed by atoms with E-state index >= 15 is 0 Å². The molecule has 2 fully saturated rings. The van der Waals surface area contributed by atoms with Crippen molar-refractivity contribution in [3.8, 4) is 0 Å².